The lowest BCUT2D eigenvalue weighted by atomic mass is 10.1. The van der Waals surface area contributed by atoms with E-state index in [1.54, 1.807) is 30.3 Å². The second kappa shape index (κ2) is 10.9. The fourth-order valence-electron chi connectivity index (χ4n) is 4.19. The van der Waals surface area contributed by atoms with E-state index in [0.29, 0.717) is 11.6 Å². The van der Waals surface area contributed by atoms with Crippen molar-refractivity contribution in [1.82, 2.24) is 9.21 Å². The van der Waals surface area contributed by atoms with E-state index in [1.807, 2.05) is 13.8 Å². The zero-order valence-electron chi connectivity index (χ0n) is 20.0. The zero-order chi connectivity index (χ0) is 26.7. The third-order valence-electron chi connectivity index (χ3n) is 5.86. The number of carbonyl (C=O) groups is 1. The number of alkyl halides is 3. The van der Waals surface area contributed by atoms with Crippen LogP contribution in [0.2, 0.25) is 0 Å². The number of sulfonamides is 1. The van der Waals surface area contributed by atoms with Gasteiger partial charge in [-0.1, -0.05) is 56.3 Å². The molecule has 198 valence electrons. The lowest BCUT2D eigenvalue weighted by molar-refractivity contribution is -0.139. The molecule has 1 unspecified atom stereocenters. The fourth-order valence-corrected chi connectivity index (χ4v) is 7.51. The van der Waals surface area contributed by atoms with Crippen LogP contribution in [-0.2, 0) is 37.4 Å². The van der Waals surface area contributed by atoms with Crippen LogP contribution in [0.5, 0.6) is 0 Å². The average molecular weight is 547 g/mol. The first-order chi connectivity index (χ1) is 16.7. The molecule has 1 amide bonds. The van der Waals surface area contributed by atoms with Gasteiger partial charge in [0.25, 0.3) is 0 Å². The number of halogens is 3. The predicted octanol–water partition coefficient (Wildman–Crippen LogP) is 3.57. The molecule has 1 atom stereocenters. The molecule has 0 radical (unpaired) electrons. The molecule has 7 nitrogen and oxygen atoms in total. The zero-order valence-corrected chi connectivity index (χ0v) is 21.6. The summed E-state index contributed by atoms with van der Waals surface area (Å²) >= 11 is 0. The Kier molecular flexibility index (Phi) is 8.51. The van der Waals surface area contributed by atoms with E-state index in [1.165, 1.54) is 11.0 Å². The quantitative estimate of drug-likeness (QED) is 0.480. The van der Waals surface area contributed by atoms with E-state index in [-0.39, 0.29) is 36.9 Å². The molecule has 1 saturated heterocycles. The molecule has 0 bridgehead atoms. The minimum Gasteiger partial charge on any atom is -0.337 e. The Morgan fingerprint density at radius 1 is 1.06 bits per heavy atom. The van der Waals surface area contributed by atoms with Crippen LogP contribution in [-0.4, -0.2) is 62.6 Å². The number of amides is 1. The van der Waals surface area contributed by atoms with Crippen LogP contribution in [0.3, 0.4) is 0 Å². The number of hydrogen-bond donors (Lipinski definition) is 0. The Morgan fingerprint density at radius 2 is 1.67 bits per heavy atom. The highest BCUT2D eigenvalue weighted by Gasteiger charge is 2.41. The monoisotopic (exact) mass is 546 g/mol. The summed E-state index contributed by atoms with van der Waals surface area (Å²) in [4.78, 5) is 13.9. The molecular formula is C24H29F3N2O5S2. The van der Waals surface area contributed by atoms with Crippen LogP contribution in [0, 0.1) is 5.92 Å². The number of benzene rings is 2. The lowest BCUT2D eigenvalue weighted by Gasteiger charge is -2.32. The van der Waals surface area contributed by atoms with Gasteiger partial charge in [-0.3, -0.25) is 4.79 Å². The number of carbonyl (C=O) groups excluding carboxylic acids is 1. The Hall–Kier alpha value is -2.44. The van der Waals surface area contributed by atoms with Crippen molar-refractivity contribution in [2.75, 3.05) is 24.6 Å². The third-order valence-corrected chi connectivity index (χ3v) is 9.46. The molecule has 2 aromatic carbocycles. The summed E-state index contributed by atoms with van der Waals surface area (Å²) < 4.78 is 92.9. The largest absolute Gasteiger partial charge is 0.417 e. The maximum Gasteiger partial charge on any atom is 0.417 e. The van der Waals surface area contributed by atoms with Crippen molar-refractivity contribution < 1.29 is 34.8 Å². The van der Waals surface area contributed by atoms with E-state index in [0.717, 1.165) is 16.4 Å². The molecule has 0 aromatic heterocycles. The van der Waals surface area contributed by atoms with E-state index in [4.69, 9.17) is 0 Å². The van der Waals surface area contributed by atoms with Gasteiger partial charge in [-0.25, -0.2) is 16.8 Å². The van der Waals surface area contributed by atoms with Crippen LogP contribution in [0.4, 0.5) is 13.2 Å². The van der Waals surface area contributed by atoms with Gasteiger partial charge in [0.05, 0.1) is 28.5 Å². The van der Waals surface area contributed by atoms with Crippen molar-refractivity contribution in [3.05, 3.63) is 65.7 Å². The summed E-state index contributed by atoms with van der Waals surface area (Å²) in [6, 6.07) is 11.5. The van der Waals surface area contributed by atoms with Crippen molar-refractivity contribution >= 4 is 25.8 Å². The Morgan fingerprint density at radius 3 is 2.22 bits per heavy atom. The van der Waals surface area contributed by atoms with Crippen molar-refractivity contribution in [3.8, 4) is 0 Å². The molecule has 1 fully saturated rings. The topological polar surface area (TPSA) is 91.8 Å². The van der Waals surface area contributed by atoms with Gasteiger partial charge in [0.1, 0.15) is 0 Å². The molecule has 0 saturated carbocycles. The van der Waals surface area contributed by atoms with Gasteiger partial charge in [-0.05, 0) is 30.0 Å². The normalized spacial score (nSPS) is 18.0. The summed E-state index contributed by atoms with van der Waals surface area (Å²) in [6.07, 6.45) is -4.70. The van der Waals surface area contributed by atoms with Crippen molar-refractivity contribution in [2.45, 2.75) is 43.9 Å². The molecule has 2 aromatic rings. The average Bonchev–Trinajstić information content (AvgIpc) is 3.16. The molecule has 1 aliphatic heterocycles. The molecule has 36 heavy (non-hydrogen) atoms. The first-order valence-corrected chi connectivity index (χ1v) is 14.7. The van der Waals surface area contributed by atoms with Crippen LogP contribution in [0.1, 0.15) is 31.4 Å². The third kappa shape index (κ3) is 6.86. The van der Waals surface area contributed by atoms with Crippen LogP contribution in [0.15, 0.2) is 59.5 Å². The Bertz CT molecular complexity index is 1280. The first-order valence-electron chi connectivity index (χ1n) is 11.4. The molecule has 0 spiro atoms. The molecule has 1 heterocycles. The summed E-state index contributed by atoms with van der Waals surface area (Å²) in [7, 11) is -8.10. The number of sulfone groups is 1. The van der Waals surface area contributed by atoms with Crippen molar-refractivity contribution in [3.63, 3.8) is 0 Å². The van der Waals surface area contributed by atoms with Gasteiger partial charge in [-0.2, -0.15) is 17.5 Å². The molecule has 1 aliphatic rings. The van der Waals surface area contributed by atoms with Crippen LogP contribution >= 0.6 is 0 Å². The summed E-state index contributed by atoms with van der Waals surface area (Å²) in [5.74, 6) is -1.00. The maximum atomic E-state index is 13.7. The maximum absolute atomic E-state index is 13.7. The van der Waals surface area contributed by atoms with Crippen LogP contribution < -0.4 is 0 Å². The number of hydrogen-bond acceptors (Lipinski definition) is 5. The minimum absolute atomic E-state index is 0.0395. The minimum atomic E-state index is -4.92. The standard InChI is InChI=1S/C24H29F3N2O5S2/c1-18(2)14-29(20-12-13-35(31,32)17-20)23(30)16-28(15-19-8-4-3-5-9-19)36(33,34)22-11-7-6-10-21(22)24(25,26)27/h3-11,18,20H,12-17H2,1-2H3. The smallest absolute Gasteiger partial charge is 0.337 e. The highest BCUT2D eigenvalue weighted by molar-refractivity contribution is 7.91. The van der Waals surface area contributed by atoms with Gasteiger partial charge in [0, 0.05) is 19.1 Å². The molecular weight excluding hydrogens is 517 g/mol. The molecule has 0 aliphatic carbocycles. The van der Waals surface area contributed by atoms with Gasteiger partial charge in [0.2, 0.25) is 15.9 Å². The number of rotatable bonds is 9. The molecule has 3 rings (SSSR count). The second-order valence-electron chi connectivity index (χ2n) is 9.25. The van der Waals surface area contributed by atoms with E-state index >= 15 is 0 Å². The molecule has 12 heteroatoms. The SMILES string of the molecule is CC(C)CN(C(=O)CN(Cc1ccccc1)S(=O)(=O)c1ccccc1C(F)(F)F)C1CCS(=O)(=O)C1. The van der Waals surface area contributed by atoms with Crippen LogP contribution in [0.25, 0.3) is 0 Å². The fraction of sp³-hybridized carbons (Fsp3) is 0.458. The van der Waals surface area contributed by atoms with E-state index in [9.17, 15) is 34.8 Å². The van der Waals surface area contributed by atoms with Gasteiger partial charge < -0.3 is 4.90 Å². The molecule has 0 N–H and O–H groups in total. The van der Waals surface area contributed by atoms with E-state index < -0.39 is 55.0 Å². The lowest BCUT2D eigenvalue weighted by Crippen LogP contribution is -2.48. The Labute approximate surface area is 209 Å². The highest BCUT2D eigenvalue weighted by Crippen LogP contribution is 2.35. The summed E-state index contributed by atoms with van der Waals surface area (Å²) in [5.41, 5.74) is -0.839. The van der Waals surface area contributed by atoms with Crippen molar-refractivity contribution in [1.29, 1.82) is 0 Å². The summed E-state index contributed by atoms with van der Waals surface area (Å²) in [5, 5.41) is 0. The number of nitrogens with zero attached hydrogens (tertiary/aromatic N) is 2. The van der Waals surface area contributed by atoms with Gasteiger partial charge >= 0.3 is 6.18 Å². The highest BCUT2D eigenvalue weighted by atomic mass is 32.2. The predicted molar refractivity (Wildman–Crippen MR) is 129 cm³/mol. The Balaban J connectivity index is 2.01. The van der Waals surface area contributed by atoms with Crippen molar-refractivity contribution in [2.24, 2.45) is 5.92 Å². The first kappa shape index (κ1) is 28.1. The van der Waals surface area contributed by atoms with Gasteiger partial charge in [0.15, 0.2) is 9.84 Å². The second-order valence-corrected chi connectivity index (χ2v) is 13.4. The summed E-state index contributed by atoms with van der Waals surface area (Å²) in [6.45, 7) is 2.80. The van der Waals surface area contributed by atoms with E-state index in [2.05, 4.69) is 0 Å². The van der Waals surface area contributed by atoms with Gasteiger partial charge in [-0.15, -0.1) is 0 Å².